The van der Waals surface area contributed by atoms with Gasteiger partial charge in [0.25, 0.3) is 0 Å². The summed E-state index contributed by atoms with van der Waals surface area (Å²) in [4.78, 5) is 17.4. The number of hydrogen-bond donors (Lipinski definition) is 1. The molecule has 0 radical (unpaired) electrons. The molecule has 3 rings (SSSR count). The number of anilines is 1. The lowest BCUT2D eigenvalue weighted by Gasteiger charge is -2.37. The first-order chi connectivity index (χ1) is 14.0. The third-order valence-electron chi connectivity index (χ3n) is 5.53. The average Bonchev–Trinajstić information content (AvgIpc) is 2.74. The summed E-state index contributed by atoms with van der Waals surface area (Å²) in [5.74, 6) is 1.59. The second-order valence-electron chi connectivity index (χ2n) is 7.49. The molecule has 0 spiro atoms. The summed E-state index contributed by atoms with van der Waals surface area (Å²) in [5, 5.41) is 3.00. The second kappa shape index (κ2) is 9.76. The van der Waals surface area contributed by atoms with Crippen molar-refractivity contribution in [1.29, 1.82) is 0 Å². The van der Waals surface area contributed by atoms with Crippen LogP contribution in [0.25, 0.3) is 0 Å². The fraction of sp³-hybridized carbons (Fsp3) is 0.435. The minimum atomic E-state index is -0.199. The molecule has 2 aromatic rings. The van der Waals surface area contributed by atoms with Gasteiger partial charge in [-0.25, -0.2) is 0 Å². The molecule has 0 aromatic heterocycles. The Hall–Kier alpha value is -2.57. The van der Waals surface area contributed by atoms with Crippen molar-refractivity contribution in [2.45, 2.75) is 26.4 Å². The predicted octanol–water partition coefficient (Wildman–Crippen LogP) is 3.16. The first-order valence-electron chi connectivity index (χ1n) is 10.1. The quantitative estimate of drug-likeness (QED) is 0.778. The number of benzene rings is 2. The van der Waals surface area contributed by atoms with Gasteiger partial charge in [-0.2, -0.15) is 0 Å². The van der Waals surface area contributed by atoms with Crippen LogP contribution in [0.4, 0.5) is 5.69 Å². The Kier molecular flexibility index (Phi) is 7.12. The third kappa shape index (κ3) is 5.28. The summed E-state index contributed by atoms with van der Waals surface area (Å²) in [5.41, 5.74) is 3.15. The van der Waals surface area contributed by atoms with Gasteiger partial charge >= 0.3 is 0 Å². The van der Waals surface area contributed by atoms with E-state index in [-0.39, 0.29) is 11.9 Å². The van der Waals surface area contributed by atoms with Crippen LogP contribution in [0.3, 0.4) is 0 Å². The first-order valence-corrected chi connectivity index (χ1v) is 10.1. The lowest BCUT2D eigenvalue weighted by molar-refractivity contribution is -0.121. The van der Waals surface area contributed by atoms with Gasteiger partial charge < -0.3 is 14.8 Å². The van der Waals surface area contributed by atoms with Gasteiger partial charge in [0.1, 0.15) is 11.5 Å². The molecule has 0 bridgehead atoms. The fourth-order valence-corrected chi connectivity index (χ4v) is 3.73. The van der Waals surface area contributed by atoms with Crippen molar-refractivity contribution >= 4 is 11.6 Å². The van der Waals surface area contributed by atoms with E-state index in [4.69, 9.17) is 9.47 Å². The number of carbonyl (C=O) groups is 1. The summed E-state index contributed by atoms with van der Waals surface area (Å²) < 4.78 is 10.8. The number of piperazine rings is 1. The van der Waals surface area contributed by atoms with Crippen LogP contribution in [0, 0.1) is 6.92 Å². The molecule has 29 heavy (non-hydrogen) atoms. The molecule has 1 aliphatic rings. The number of aryl methyl sites for hydroxylation is 1. The maximum atomic E-state index is 12.7. The van der Waals surface area contributed by atoms with E-state index >= 15 is 0 Å². The Labute approximate surface area is 173 Å². The largest absolute Gasteiger partial charge is 0.496 e. The van der Waals surface area contributed by atoms with Crippen molar-refractivity contribution in [1.82, 2.24) is 9.80 Å². The summed E-state index contributed by atoms with van der Waals surface area (Å²) in [6.07, 6.45) is 0. The standard InChI is InChI=1S/C23H31N3O3/c1-17-9-10-21(28-3)19(15-17)16-25-11-13-26(14-12-25)18(2)23(27)24-20-7-5-6-8-22(20)29-4/h5-10,15,18H,11-14,16H2,1-4H3,(H,24,27)/t18-/m0/s1. The molecule has 1 amide bonds. The minimum Gasteiger partial charge on any atom is -0.496 e. The Morgan fingerprint density at radius 2 is 1.72 bits per heavy atom. The van der Waals surface area contributed by atoms with Crippen LogP contribution in [0.15, 0.2) is 42.5 Å². The molecular formula is C23H31N3O3. The maximum Gasteiger partial charge on any atom is 0.241 e. The first kappa shape index (κ1) is 21.1. The van der Waals surface area contributed by atoms with Gasteiger partial charge in [-0.3, -0.25) is 14.6 Å². The van der Waals surface area contributed by atoms with Crippen molar-refractivity contribution in [3.8, 4) is 11.5 Å². The minimum absolute atomic E-state index is 0.0108. The zero-order valence-electron chi connectivity index (χ0n) is 17.8. The monoisotopic (exact) mass is 397 g/mol. The molecule has 2 aromatic carbocycles. The molecular weight excluding hydrogens is 366 g/mol. The highest BCUT2D eigenvalue weighted by molar-refractivity contribution is 5.95. The number of nitrogens with one attached hydrogen (secondary N) is 1. The van der Waals surface area contributed by atoms with Gasteiger partial charge in [0, 0.05) is 38.3 Å². The number of nitrogens with zero attached hydrogens (tertiary/aromatic N) is 2. The van der Waals surface area contributed by atoms with E-state index in [1.165, 1.54) is 11.1 Å². The topological polar surface area (TPSA) is 54.0 Å². The van der Waals surface area contributed by atoms with Crippen molar-refractivity contribution < 1.29 is 14.3 Å². The number of para-hydroxylation sites is 2. The SMILES string of the molecule is COc1ccc(C)cc1CN1CCN([C@@H](C)C(=O)Nc2ccccc2OC)CC1. The average molecular weight is 398 g/mol. The van der Waals surface area contributed by atoms with Gasteiger partial charge in [-0.05, 0) is 32.0 Å². The van der Waals surface area contributed by atoms with Gasteiger partial charge in [-0.15, -0.1) is 0 Å². The number of carbonyl (C=O) groups excluding carboxylic acids is 1. The number of amides is 1. The Balaban J connectivity index is 1.55. The van der Waals surface area contributed by atoms with Crippen molar-refractivity contribution in [3.05, 3.63) is 53.6 Å². The molecule has 0 saturated carbocycles. The fourth-order valence-electron chi connectivity index (χ4n) is 3.73. The summed E-state index contributed by atoms with van der Waals surface area (Å²) >= 11 is 0. The van der Waals surface area contributed by atoms with Crippen LogP contribution in [0.5, 0.6) is 11.5 Å². The molecule has 1 atom stereocenters. The molecule has 156 valence electrons. The molecule has 1 heterocycles. The smallest absolute Gasteiger partial charge is 0.241 e. The van der Waals surface area contributed by atoms with E-state index in [9.17, 15) is 4.79 Å². The van der Waals surface area contributed by atoms with Crippen LogP contribution in [-0.4, -0.2) is 62.1 Å². The molecule has 1 aliphatic heterocycles. The highest BCUT2D eigenvalue weighted by Gasteiger charge is 2.26. The van der Waals surface area contributed by atoms with Crippen molar-refractivity contribution in [3.63, 3.8) is 0 Å². The summed E-state index contributed by atoms with van der Waals surface area (Å²) in [7, 11) is 3.32. The Bertz CT molecular complexity index is 832. The van der Waals surface area contributed by atoms with Crippen LogP contribution in [-0.2, 0) is 11.3 Å². The van der Waals surface area contributed by atoms with Gasteiger partial charge in [-0.1, -0.05) is 29.8 Å². The van der Waals surface area contributed by atoms with Crippen LogP contribution in [0.2, 0.25) is 0 Å². The van der Waals surface area contributed by atoms with E-state index in [1.807, 2.05) is 37.3 Å². The summed E-state index contributed by atoms with van der Waals surface area (Å²) in [6.45, 7) is 8.48. The van der Waals surface area contributed by atoms with Gasteiger partial charge in [0.2, 0.25) is 5.91 Å². The van der Waals surface area contributed by atoms with Crippen LogP contribution < -0.4 is 14.8 Å². The van der Waals surface area contributed by atoms with E-state index in [0.717, 1.165) is 38.5 Å². The van der Waals surface area contributed by atoms with Crippen molar-refractivity contribution in [2.24, 2.45) is 0 Å². The molecule has 1 saturated heterocycles. The van der Waals surface area contributed by atoms with Gasteiger partial charge in [0.15, 0.2) is 0 Å². The highest BCUT2D eigenvalue weighted by Crippen LogP contribution is 2.24. The molecule has 1 fully saturated rings. The van der Waals surface area contributed by atoms with Gasteiger partial charge in [0.05, 0.1) is 25.9 Å². The van der Waals surface area contributed by atoms with E-state index in [1.54, 1.807) is 14.2 Å². The molecule has 6 nitrogen and oxygen atoms in total. The van der Waals surface area contributed by atoms with E-state index in [0.29, 0.717) is 11.4 Å². The Morgan fingerprint density at radius 3 is 2.41 bits per heavy atom. The van der Waals surface area contributed by atoms with Crippen LogP contribution >= 0.6 is 0 Å². The van der Waals surface area contributed by atoms with Crippen LogP contribution in [0.1, 0.15) is 18.1 Å². The molecule has 1 N–H and O–H groups in total. The number of methoxy groups -OCH3 is 2. The second-order valence-corrected chi connectivity index (χ2v) is 7.49. The zero-order chi connectivity index (χ0) is 20.8. The van der Waals surface area contributed by atoms with Crippen molar-refractivity contribution in [2.75, 3.05) is 45.7 Å². The maximum absolute atomic E-state index is 12.7. The number of ether oxygens (including phenoxy) is 2. The number of hydrogen-bond acceptors (Lipinski definition) is 5. The predicted molar refractivity (Wildman–Crippen MR) is 116 cm³/mol. The van der Waals surface area contributed by atoms with E-state index < -0.39 is 0 Å². The lowest BCUT2D eigenvalue weighted by Crippen LogP contribution is -2.52. The Morgan fingerprint density at radius 1 is 1.03 bits per heavy atom. The lowest BCUT2D eigenvalue weighted by atomic mass is 10.1. The molecule has 0 unspecified atom stereocenters. The zero-order valence-corrected chi connectivity index (χ0v) is 17.8. The highest BCUT2D eigenvalue weighted by atomic mass is 16.5. The number of rotatable bonds is 7. The molecule has 0 aliphatic carbocycles. The van der Waals surface area contributed by atoms with E-state index in [2.05, 4.69) is 34.2 Å². The normalized spacial score (nSPS) is 16.3. The summed E-state index contributed by atoms with van der Waals surface area (Å²) in [6, 6.07) is 13.6. The third-order valence-corrected chi connectivity index (χ3v) is 5.53. The molecule has 6 heteroatoms.